The summed E-state index contributed by atoms with van der Waals surface area (Å²) in [4.78, 5) is 0. The minimum atomic E-state index is -3.22. The Balaban J connectivity index is 2.77. The number of benzene rings is 1. The molecule has 0 radical (unpaired) electrons. The van der Waals surface area contributed by atoms with Crippen LogP contribution >= 0.6 is 0 Å². The van der Waals surface area contributed by atoms with Gasteiger partial charge in [0.1, 0.15) is 0 Å². The third-order valence-corrected chi connectivity index (χ3v) is 4.43. The van der Waals surface area contributed by atoms with Gasteiger partial charge in [0, 0.05) is 7.05 Å². The molecule has 0 unspecified atom stereocenters. The van der Waals surface area contributed by atoms with Gasteiger partial charge in [0.05, 0.1) is 18.0 Å². The topological polar surface area (TPSA) is 61.2 Å². The number of hydrogen-bond acceptors (Lipinski definition) is 3. The highest BCUT2D eigenvalue weighted by Gasteiger charge is 2.16. The molecule has 0 aliphatic heterocycles. The largest absolute Gasteiger partial charge is 0.303 e. The van der Waals surface area contributed by atoms with Crippen LogP contribution in [0.5, 0.6) is 0 Å². The van der Waals surface area contributed by atoms with E-state index in [0.29, 0.717) is 5.71 Å². The van der Waals surface area contributed by atoms with Crippen molar-refractivity contribution in [1.82, 2.24) is 4.31 Å². The normalized spacial score (nSPS) is 11.8. The lowest BCUT2D eigenvalue weighted by Crippen LogP contribution is -2.33. The molecule has 0 saturated heterocycles. The van der Waals surface area contributed by atoms with E-state index in [1.807, 2.05) is 31.2 Å². The second-order valence-electron chi connectivity index (χ2n) is 4.00. The Bertz CT molecular complexity index is 492. The Morgan fingerprint density at radius 3 is 2.29 bits per heavy atom. The van der Waals surface area contributed by atoms with Crippen LogP contribution in [-0.4, -0.2) is 37.8 Å². The van der Waals surface area contributed by atoms with E-state index >= 15 is 0 Å². The van der Waals surface area contributed by atoms with Crippen molar-refractivity contribution < 1.29 is 8.42 Å². The molecule has 0 saturated carbocycles. The van der Waals surface area contributed by atoms with Gasteiger partial charge >= 0.3 is 0 Å². The zero-order chi connectivity index (χ0) is 13.1. The number of hydrogen-bond donors (Lipinski definition) is 1. The van der Waals surface area contributed by atoms with Crippen molar-refractivity contribution >= 4 is 15.7 Å². The molecule has 0 aliphatic carbocycles. The maximum absolute atomic E-state index is 11.5. The average Bonchev–Trinajstić information content (AvgIpc) is 2.29. The first-order valence-corrected chi connectivity index (χ1v) is 7.06. The van der Waals surface area contributed by atoms with E-state index in [-0.39, 0.29) is 12.3 Å². The van der Waals surface area contributed by atoms with Gasteiger partial charge in [-0.3, -0.25) is 0 Å². The van der Waals surface area contributed by atoms with Crippen LogP contribution in [0.4, 0.5) is 0 Å². The molecule has 0 aromatic heterocycles. The molecule has 0 amide bonds. The van der Waals surface area contributed by atoms with Crippen LogP contribution in [0.2, 0.25) is 0 Å². The fraction of sp³-hybridized carbons (Fsp3) is 0.417. The molecule has 0 atom stereocenters. The number of nitrogens with zero attached hydrogens (tertiary/aromatic N) is 1. The third-order valence-electron chi connectivity index (χ3n) is 2.62. The highest BCUT2D eigenvalue weighted by molar-refractivity contribution is 7.89. The second-order valence-corrected chi connectivity index (χ2v) is 6.37. The van der Waals surface area contributed by atoms with Gasteiger partial charge in [-0.1, -0.05) is 29.8 Å². The summed E-state index contributed by atoms with van der Waals surface area (Å²) in [5.41, 5.74) is 2.19. The molecule has 0 heterocycles. The summed E-state index contributed by atoms with van der Waals surface area (Å²) in [6.45, 7) is 3.68. The van der Waals surface area contributed by atoms with Gasteiger partial charge in [-0.2, -0.15) is 4.31 Å². The highest BCUT2D eigenvalue weighted by Crippen LogP contribution is 2.06. The van der Waals surface area contributed by atoms with Crippen molar-refractivity contribution in [3.63, 3.8) is 0 Å². The molecule has 4 nitrogen and oxygen atoms in total. The fourth-order valence-corrected chi connectivity index (χ4v) is 2.15. The van der Waals surface area contributed by atoms with E-state index < -0.39 is 10.0 Å². The molecule has 0 spiro atoms. The van der Waals surface area contributed by atoms with Gasteiger partial charge < -0.3 is 5.41 Å². The minimum Gasteiger partial charge on any atom is -0.303 e. The van der Waals surface area contributed by atoms with Gasteiger partial charge in [0.25, 0.3) is 0 Å². The predicted octanol–water partition coefficient (Wildman–Crippen LogP) is 1.64. The van der Waals surface area contributed by atoms with Crippen molar-refractivity contribution in [2.24, 2.45) is 0 Å². The van der Waals surface area contributed by atoms with E-state index in [2.05, 4.69) is 0 Å². The highest BCUT2D eigenvalue weighted by atomic mass is 32.2. The number of rotatable bonds is 5. The Morgan fingerprint density at radius 1 is 1.29 bits per heavy atom. The van der Waals surface area contributed by atoms with Gasteiger partial charge in [-0.05, 0) is 19.4 Å². The molecule has 1 aromatic carbocycles. The Hall–Kier alpha value is -1.20. The number of aryl methyl sites for hydroxylation is 1. The predicted molar refractivity (Wildman–Crippen MR) is 70.1 cm³/mol. The number of sulfonamides is 1. The molecule has 1 N–H and O–H groups in total. The van der Waals surface area contributed by atoms with E-state index in [4.69, 9.17) is 5.41 Å². The van der Waals surface area contributed by atoms with Crippen LogP contribution < -0.4 is 0 Å². The summed E-state index contributed by atoms with van der Waals surface area (Å²) < 4.78 is 24.3. The summed E-state index contributed by atoms with van der Waals surface area (Å²) >= 11 is 0. The van der Waals surface area contributed by atoms with Crippen molar-refractivity contribution in [1.29, 1.82) is 5.41 Å². The summed E-state index contributed by atoms with van der Waals surface area (Å²) in [5.74, 6) is 0.0602. The lowest BCUT2D eigenvalue weighted by molar-refractivity contribution is 0.506. The van der Waals surface area contributed by atoms with Crippen LogP contribution in [0.1, 0.15) is 18.1 Å². The van der Waals surface area contributed by atoms with Gasteiger partial charge in [0.15, 0.2) is 0 Å². The van der Waals surface area contributed by atoms with Gasteiger partial charge in [-0.25, -0.2) is 8.42 Å². The first kappa shape index (κ1) is 13.9. The zero-order valence-corrected chi connectivity index (χ0v) is 11.2. The van der Waals surface area contributed by atoms with Crippen LogP contribution in [0.3, 0.4) is 0 Å². The van der Waals surface area contributed by atoms with Crippen LogP contribution in [0.15, 0.2) is 24.3 Å². The van der Waals surface area contributed by atoms with Crippen LogP contribution in [-0.2, 0) is 10.0 Å². The van der Waals surface area contributed by atoms with Crippen molar-refractivity contribution in [3.05, 3.63) is 35.4 Å². The van der Waals surface area contributed by atoms with Crippen molar-refractivity contribution in [2.45, 2.75) is 13.8 Å². The maximum atomic E-state index is 11.5. The van der Waals surface area contributed by atoms with Crippen LogP contribution in [0.25, 0.3) is 0 Å². The first-order chi connectivity index (χ1) is 7.86. The molecule has 94 valence electrons. The Labute approximate surface area is 103 Å². The monoisotopic (exact) mass is 254 g/mol. The number of nitrogens with one attached hydrogen (secondary N) is 1. The smallest absolute Gasteiger partial charge is 0.213 e. The number of likely N-dealkylation sites (N-methyl/N-ethyl adjacent to an activating group) is 1. The Morgan fingerprint density at radius 2 is 1.82 bits per heavy atom. The molecule has 0 bridgehead atoms. The van der Waals surface area contributed by atoms with E-state index in [0.717, 1.165) is 11.1 Å². The van der Waals surface area contributed by atoms with Crippen molar-refractivity contribution in [3.8, 4) is 0 Å². The molecule has 0 fully saturated rings. The van der Waals surface area contributed by atoms with Gasteiger partial charge in [0.2, 0.25) is 10.0 Å². The van der Waals surface area contributed by atoms with E-state index in [9.17, 15) is 8.42 Å². The molecule has 17 heavy (non-hydrogen) atoms. The summed E-state index contributed by atoms with van der Waals surface area (Å²) in [6.07, 6.45) is 0. The van der Waals surface area contributed by atoms with E-state index in [1.165, 1.54) is 11.4 Å². The molecule has 1 rings (SSSR count). The van der Waals surface area contributed by atoms with Crippen LogP contribution in [0, 0.1) is 12.3 Å². The van der Waals surface area contributed by atoms with Gasteiger partial charge in [-0.15, -0.1) is 0 Å². The lowest BCUT2D eigenvalue weighted by atomic mass is 10.1. The zero-order valence-electron chi connectivity index (χ0n) is 10.4. The molecular weight excluding hydrogens is 236 g/mol. The molecule has 5 heteroatoms. The summed E-state index contributed by atoms with van der Waals surface area (Å²) in [6, 6.07) is 7.50. The van der Waals surface area contributed by atoms with Crippen molar-refractivity contribution in [2.75, 3.05) is 19.3 Å². The first-order valence-electron chi connectivity index (χ1n) is 5.45. The minimum absolute atomic E-state index is 0.0602. The Kier molecular flexibility index (Phi) is 4.42. The quantitative estimate of drug-likeness (QED) is 0.812. The summed E-state index contributed by atoms with van der Waals surface area (Å²) in [7, 11) is -1.72. The average molecular weight is 254 g/mol. The lowest BCUT2D eigenvalue weighted by Gasteiger charge is -2.16. The maximum Gasteiger partial charge on any atom is 0.213 e. The summed E-state index contributed by atoms with van der Waals surface area (Å²) in [5, 5.41) is 7.88. The third kappa shape index (κ3) is 3.64. The standard InChI is InChI=1S/C12H18N2O2S/c1-4-17(15,16)14(3)9-12(13)11-7-5-10(2)6-8-11/h5-8,13H,4,9H2,1-3H3. The molecular formula is C12H18N2O2S. The van der Waals surface area contributed by atoms with E-state index in [1.54, 1.807) is 6.92 Å². The SMILES string of the molecule is CCS(=O)(=O)N(C)CC(=N)c1ccc(C)cc1. The molecule has 1 aromatic rings. The second kappa shape index (κ2) is 5.42. The fourth-order valence-electron chi connectivity index (χ4n) is 1.39. The molecule has 0 aliphatic rings.